The van der Waals surface area contributed by atoms with Gasteiger partial charge in [-0.1, -0.05) is 0 Å². The molecule has 0 amide bonds. The van der Waals surface area contributed by atoms with Gasteiger partial charge in [-0.15, -0.1) is 0 Å². The van der Waals surface area contributed by atoms with Crippen molar-refractivity contribution in [3.63, 3.8) is 0 Å². The molecule has 3 rings (SSSR count). The number of rotatable bonds is 1. The van der Waals surface area contributed by atoms with Crippen molar-refractivity contribution in [3.8, 4) is 5.69 Å². The second-order valence-corrected chi connectivity index (χ2v) is 4.43. The summed E-state index contributed by atoms with van der Waals surface area (Å²) in [5.41, 5.74) is -0.609. The predicted molar refractivity (Wildman–Crippen MR) is 69.4 cm³/mol. The van der Waals surface area contributed by atoms with Gasteiger partial charge in [0.05, 0.1) is 11.2 Å². The smallest absolute Gasteiger partial charge is 0.189 e. The van der Waals surface area contributed by atoms with E-state index in [9.17, 15) is 22.4 Å². The zero-order valence-corrected chi connectivity index (χ0v) is 10.4. The Hall–Kier alpha value is -2.63. The van der Waals surface area contributed by atoms with Crippen LogP contribution in [0.3, 0.4) is 0 Å². The first-order chi connectivity index (χ1) is 9.97. The van der Waals surface area contributed by atoms with Crippen molar-refractivity contribution < 1.29 is 17.6 Å². The lowest BCUT2D eigenvalue weighted by molar-refractivity contribution is 0.510. The maximum absolute atomic E-state index is 13.8. The highest BCUT2D eigenvalue weighted by molar-refractivity contribution is 5.80. The van der Waals surface area contributed by atoms with Crippen LogP contribution < -0.4 is 5.43 Å². The van der Waals surface area contributed by atoms with Crippen LogP contribution in [0.1, 0.15) is 0 Å². The Morgan fingerprint density at radius 3 is 2.24 bits per heavy atom. The molecule has 0 bridgehead atoms. The molecule has 0 saturated carbocycles. The van der Waals surface area contributed by atoms with Crippen molar-refractivity contribution in [1.82, 2.24) is 4.57 Å². The van der Waals surface area contributed by atoms with Gasteiger partial charge in [0, 0.05) is 29.8 Å². The fraction of sp³-hybridized carbons (Fsp3) is 0. The van der Waals surface area contributed by atoms with Gasteiger partial charge in [-0.05, 0) is 18.2 Å². The molecule has 21 heavy (non-hydrogen) atoms. The second kappa shape index (κ2) is 4.73. The summed E-state index contributed by atoms with van der Waals surface area (Å²) in [4.78, 5) is 11.7. The number of pyridine rings is 1. The Labute approximate surface area is 115 Å². The number of hydrogen-bond acceptors (Lipinski definition) is 1. The molecule has 0 aliphatic heterocycles. The summed E-state index contributed by atoms with van der Waals surface area (Å²) in [5.74, 6) is -3.98. The van der Waals surface area contributed by atoms with Gasteiger partial charge in [-0.3, -0.25) is 4.79 Å². The highest BCUT2D eigenvalue weighted by Crippen LogP contribution is 2.21. The first-order valence-electron chi connectivity index (χ1n) is 5.93. The van der Waals surface area contributed by atoms with Crippen molar-refractivity contribution in [2.24, 2.45) is 0 Å². The third kappa shape index (κ3) is 2.18. The van der Waals surface area contributed by atoms with E-state index in [4.69, 9.17) is 0 Å². The largest absolute Gasteiger partial charge is 0.313 e. The van der Waals surface area contributed by atoms with Crippen LogP contribution in [0.15, 0.2) is 47.4 Å². The van der Waals surface area contributed by atoms with Gasteiger partial charge in [0.15, 0.2) is 17.1 Å². The molecule has 0 saturated heterocycles. The maximum atomic E-state index is 13.8. The number of fused-ring (bicyclic) bond motifs is 1. The number of aromatic nitrogens is 1. The van der Waals surface area contributed by atoms with Gasteiger partial charge in [0.1, 0.15) is 11.6 Å². The van der Waals surface area contributed by atoms with Crippen molar-refractivity contribution >= 4 is 10.9 Å². The molecule has 0 spiro atoms. The van der Waals surface area contributed by atoms with Crippen molar-refractivity contribution in [3.05, 3.63) is 76.1 Å². The molecule has 0 atom stereocenters. The van der Waals surface area contributed by atoms with Crippen molar-refractivity contribution in [2.45, 2.75) is 0 Å². The SMILES string of the molecule is O=c1ccn(-c2ccc(F)cc2F)c2cc(F)c(F)cc12. The summed E-state index contributed by atoms with van der Waals surface area (Å²) in [6, 6.07) is 5.50. The Bertz CT molecular complexity index is 917. The van der Waals surface area contributed by atoms with E-state index in [0.717, 1.165) is 34.9 Å². The van der Waals surface area contributed by atoms with E-state index in [2.05, 4.69) is 0 Å². The van der Waals surface area contributed by atoms with Crippen LogP contribution in [0.25, 0.3) is 16.6 Å². The second-order valence-electron chi connectivity index (χ2n) is 4.43. The molecule has 2 aromatic carbocycles. The minimum Gasteiger partial charge on any atom is -0.313 e. The van der Waals surface area contributed by atoms with Gasteiger partial charge in [-0.2, -0.15) is 0 Å². The monoisotopic (exact) mass is 293 g/mol. The minimum atomic E-state index is -1.17. The Morgan fingerprint density at radius 2 is 1.52 bits per heavy atom. The summed E-state index contributed by atoms with van der Waals surface area (Å²) < 4.78 is 54.6. The highest BCUT2D eigenvalue weighted by Gasteiger charge is 2.12. The number of nitrogens with zero attached hydrogens (tertiary/aromatic N) is 1. The van der Waals surface area contributed by atoms with E-state index in [1.54, 1.807) is 0 Å². The molecule has 1 aromatic heterocycles. The molecule has 106 valence electrons. The third-order valence-electron chi connectivity index (χ3n) is 3.11. The molecule has 0 aliphatic rings. The minimum absolute atomic E-state index is 0.00749. The molecule has 0 aliphatic carbocycles. The van der Waals surface area contributed by atoms with E-state index in [1.165, 1.54) is 6.20 Å². The normalized spacial score (nSPS) is 11.0. The molecule has 0 unspecified atom stereocenters. The van der Waals surface area contributed by atoms with Crippen LogP contribution in [0.2, 0.25) is 0 Å². The molecule has 1 heterocycles. The first kappa shape index (κ1) is 13.4. The van der Waals surface area contributed by atoms with Gasteiger partial charge >= 0.3 is 0 Å². The van der Waals surface area contributed by atoms with Crippen LogP contribution in [-0.2, 0) is 0 Å². The quantitative estimate of drug-likeness (QED) is 0.629. The Balaban J connectivity index is 2.41. The van der Waals surface area contributed by atoms with Crippen LogP contribution in [0, 0.1) is 23.3 Å². The lowest BCUT2D eigenvalue weighted by Gasteiger charge is -2.12. The summed E-state index contributed by atoms with van der Waals surface area (Å²) in [6.07, 6.45) is 1.22. The zero-order valence-electron chi connectivity index (χ0n) is 10.4. The fourth-order valence-corrected chi connectivity index (χ4v) is 2.13. The molecule has 0 N–H and O–H groups in total. The molecular weight excluding hydrogens is 286 g/mol. The average molecular weight is 293 g/mol. The molecule has 0 fully saturated rings. The molecule has 6 heteroatoms. The first-order valence-corrected chi connectivity index (χ1v) is 5.93. The van der Waals surface area contributed by atoms with Gasteiger partial charge in [0.25, 0.3) is 0 Å². The van der Waals surface area contributed by atoms with Crippen LogP contribution in [0.5, 0.6) is 0 Å². The van der Waals surface area contributed by atoms with Gasteiger partial charge < -0.3 is 4.57 Å². The Kier molecular flexibility index (Phi) is 3.01. The summed E-state index contributed by atoms with van der Waals surface area (Å²) in [5, 5.41) is -0.0971. The predicted octanol–water partition coefficient (Wildman–Crippen LogP) is 3.55. The van der Waals surface area contributed by atoms with Crippen LogP contribution in [0.4, 0.5) is 17.6 Å². The zero-order chi connectivity index (χ0) is 15.1. The molecule has 0 radical (unpaired) electrons. The third-order valence-corrected chi connectivity index (χ3v) is 3.11. The van der Waals surface area contributed by atoms with E-state index in [1.807, 2.05) is 0 Å². The highest BCUT2D eigenvalue weighted by atomic mass is 19.2. The van der Waals surface area contributed by atoms with Crippen molar-refractivity contribution in [2.75, 3.05) is 0 Å². The van der Waals surface area contributed by atoms with Crippen LogP contribution >= 0.6 is 0 Å². The van der Waals surface area contributed by atoms with Crippen LogP contribution in [-0.4, -0.2) is 4.57 Å². The van der Waals surface area contributed by atoms with E-state index in [0.29, 0.717) is 6.07 Å². The fourth-order valence-electron chi connectivity index (χ4n) is 2.13. The lowest BCUT2D eigenvalue weighted by Crippen LogP contribution is -2.09. The van der Waals surface area contributed by atoms with E-state index in [-0.39, 0.29) is 16.6 Å². The van der Waals surface area contributed by atoms with Crippen molar-refractivity contribution in [1.29, 1.82) is 0 Å². The van der Waals surface area contributed by atoms with Gasteiger partial charge in [0.2, 0.25) is 0 Å². The molecular formula is C15H7F4NO. The Morgan fingerprint density at radius 1 is 0.810 bits per heavy atom. The number of halogens is 4. The average Bonchev–Trinajstić information content (AvgIpc) is 2.43. The number of benzene rings is 2. The van der Waals surface area contributed by atoms with E-state index >= 15 is 0 Å². The lowest BCUT2D eigenvalue weighted by atomic mass is 10.1. The molecule has 3 aromatic rings. The summed E-state index contributed by atoms with van der Waals surface area (Å²) in [7, 11) is 0. The van der Waals surface area contributed by atoms with E-state index < -0.39 is 28.7 Å². The topological polar surface area (TPSA) is 22.0 Å². The number of hydrogen-bond donors (Lipinski definition) is 0. The summed E-state index contributed by atoms with van der Waals surface area (Å²) >= 11 is 0. The van der Waals surface area contributed by atoms with Gasteiger partial charge in [-0.25, -0.2) is 17.6 Å². The summed E-state index contributed by atoms with van der Waals surface area (Å²) in [6.45, 7) is 0. The molecule has 2 nitrogen and oxygen atoms in total. The standard InChI is InChI=1S/C15H7F4NO/c16-8-1-2-13(12(19)5-8)20-4-3-15(21)9-6-10(17)11(18)7-14(9)20/h1-7H. The maximum Gasteiger partial charge on any atom is 0.189 e.